The lowest BCUT2D eigenvalue weighted by Gasteiger charge is -2.11. The highest BCUT2D eigenvalue weighted by atomic mass is 35.5. The van der Waals surface area contributed by atoms with Gasteiger partial charge in [0.2, 0.25) is 5.95 Å². The average Bonchev–Trinajstić information content (AvgIpc) is 2.75. The molecule has 1 heterocycles. The second-order valence-corrected chi connectivity index (χ2v) is 8.03. The molecule has 1 N–H and O–H groups in total. The molecule has 1 aromatic heterocycles. The highest BCUT2D eigenvalue weighted by Crippen LogP contribution is 2.27. The van der Waals surface area contributed by atoms with Crippen LogP contribution in [-0.2, 0) is 20.3 Å². The molecule has 0 aliphatic carbocycles. The van der Waals surface area contributed by atoms with Gasteiger partial charge in [-0.1, -0.05) is 29.8 Å². The molecule has 0 saturated carbocycles. The number of esters is 1. The smallest absolute Gasteiger partial charge is 0.330 e. The van der Waals surface area contributed by atoms with Crippen molar-refractivity contribution >= 4 is 46.1 Å². The number of ether oxygens (including phenoxy) is 1. The van der Waals surface area contributed by atoms with E-state index >= 15 is 0 Å². The van der Waals surface area contributed by atoms with Crippen molar-refractivity contribution in [3.63, 3.8) is 0 Å². The summed E-state index contributed by atoms with van der Waals surface area (Å²) < 4.78 is 30.6. The van der Waals surface area contributed by atoms with Crippen molar-refractivity contribution in [2.45, 2.75) is 11.9 Å². The summed E-state index contributed by atoms with van der Waals surface area (Å²) in [6.45, 7) is 2.04. The van der Waals surface area contributed by atoms with Gasteiger partial charge < -0.3 is 10.1 Å². The van der Waals surface area contributed by atoms with E-state index in [1.54, 1.807) is 19.2 Å². The van der Waals surface area contributed by atoms with Crippen LogP contribution in [0.15, 0.2) is 59.8 Å². The van der Waals surface area contributed by atoms with E-state index in [0.717, 1.165) is 11.1 Å². The molecule has 0 bridgehead atoms. The Kier molecular flexibility index (Phi) is 7.49. The number of carbonyl (C=O) groups is 1. The van der Waals surface area contributed by atoms with Crippen LogP contribution in [0.2, 0.25) is 5.02 Å². The van der Waals surface area contributed by atoms with E-state index in [-0.39, 0.29) is 11.0 Å². The Bertz CT molecular complexity index is 1170. The summed E-state index contributed by atoms with van der Waals surface area (Å²) in [4.78, 5) is 20.2. The Morgan fingerprint density at radius 3 is 2.81 bits per heavy atom. The van der Waals surface area contributed by atoms with Crippen LogP contribution in [0.5, 0.6) is 0 Å². The number of hydrogen-bond donors (Lipinski definition) is 1. The number of hydrogen-bond acceptors (Lipinski definition) is 6. The van der Waals surface area contributed by atoms with Gasteiger partial charge in [0, 0.05) is 29.8 Å². The maximum absolute atomic E-state index is 13.4. The monoisotopic (exact) mass is 459 g/mol. The molecular weight excluding hydrogens is 441 g/mol. The highest BCUT2D eigenvalue weighted by Gasteiger charge is 2.14. The zero-order chi connectivity index (χ0) is 22.4. The maximum atomic E-state index is 13.4. The lowest BCUT2D eigenvalue weighted by Crippen LogP contribution is -2.04. The number of benzene rings is 2. The van der Waals surface area contributed by atoms with Crippen LogP contribution in [0.3, 0.4) is 0 Å². The fraction of sp³-hybridized carbons (Fsp3) is 0.136. The van der Waals surface area contributed by atoms with Gasteiger partial charge in [0.05, 0.1) is 22.4 Å². The summed E-state index contributed by atoms with van der Waals surface area (Å²) in [7, 11) is -1.41. The van der Waals surface area contributed by atoms with E-state index in [2.05, 4.69) is 15.3 Å². The average molecular weight is 460 g/mol. The zero-order valence-electron chi connectivity index (χ0n) is 16.8. The summed E-state index contributed by atoms with van der Waals surface area (Å²) >= 11 is 5.81. The molecule has 31 heavy (non-hydrogen) atoms. The predicted octanol–water partition coefficient (Wildman–Crippen LogP) is 4.99. The summed E-state index contributed by atoms with van der Waals surface area (Å²) in [5.74, 6) is -0.756. The number of aromatic nitrogens is 2. The van der Waals surface area contributed by atoms with Gasteiger partial charge in [0.15, 0.2) is 0 Å². The van der Waals surface area contributed by atoms with E-state index in [4.69, 9.17) is 16.3 Å². The van der Waals surface area contributed by atoms with E-state index in [9.17, 15) is 13.4 Å². The zero-order valence-corrected chi connectivity index (χ0v) is 18.3. The minimum atomic E-state index is -1.41. The van der Waals surface area contributed by atoms with Crippen LogP contribution in [0.4, 0.5) is 16.0 Å². The third-order valence-corrected chi connectivity index (χ3v) is 5.24. The van der Waals surface area contributed by atoms with Crippen molar-refractivity contribution in [3.8, 4) is 11.1 Å². The molecule has 9 heteroatoms. The Hall–Kier alpha value is -3.10. The van der Waals surface area contributed by atoms with E-state index < -0.39 is 22.6 Å². The Morgan fingerprint density at radius 1 is 1.29 bits per heavy atom. The summed E-state index contributed by atoms with van der Waals surface area (Å²) in [5, 5.41) is 3.23. The first-order chi connectivity index (χ1) is 14.9. The van der Waals surface area contributed by atoms with Gasteiger partial charge >= 0.3 is 5.97 Å². The Morgan fingerprint density at radius 2 is 2.10 bits per heavy atom. The van der Waals surface area contributed by atoms with Crippen molar-refractivity contribution in [2.75, 3.05) is 18.2 Å². The lowest BCUT2D eigenvalue weighted by atomic mass is 10.1. The largest absolute Gasteiger partial charge is 0.463 e. The van der Waals surface area contributed by atoms with Crippen LogP contribution in [0, 0.1) is 5.82 Å². The number of rotatable bonds is 7. The fourth-order valence-electron chi connectivity index (χ4n) is 2.71. The van der Waals surface area contributed by atoms with Crippen LogP contribution in [-0.4, -0.2) is 33.0 Å². The predicted molar refractivity (Wildman–Crippen MR) is 120 cm³/mol. The third-order valence-electron chi connectivity index (χ3n) is 4.10. The number of halogens is 2. The summed E-state index contributed by atoms with van der Waals surface area (Å²) in [6.07, 6.45) is 6.07. The third kappa shape index (κ3) is 5.96. The van der Waals surface area contributed by atoms with E-state index in [1.807, 2.05) is 24.3 Å². The standard InChI is InChI=1S/C22H19ClFN3O3S/c1-3-30-20(28)10-7-14-5-4-6-15(11-14)17-13-25-22(27-21(17)31(2)29)26-16-8-9-19(24)18(23)12-16/h4-13H,3H2,1-2H3,(H,25,26,27)/b10-7+. The van der Waals surface area contributed by atoms with E-state index in [0.29, 0.717) is 22.9 Å². The number of nitrogens with one attached hydrogen (secondary N) is 1. The molecular formula is C22H19ClFN3O3S. The normalized spacial score (nSPS) is 12.0. The molecule has 160 valence electrons. The highest BCUT2D eigenvalue weighted by molar-refractivity contribution is 7.84. The lowest BCUT2D eigenvalue weighted by molar-refractivity contribution is -0.137. The molecule has 0 aliphatic rings. The van der Waals surface area contributed by atoms with Gasteiger partial charge in [-0.05, 0) is 48.4 Å². The molecule has 0 saturated heterocycles. The Balaban J connectivity index is 1.91. The molecule has 3 aromatic rings. The number of nitrogens with zero attached hydrogens (tertiary/aromatic N) is 2. The second-order valence-electron chi connectivity index (χ2n) is 6.33. The van der Waals surface area contributed by atoms with Crippen molar-refractivity contribution < 1.29 is 18.1 Å². The fourth-order valence-corrected chi connectivity index (χ4v) is 3.59. The van der Waals surface area contributed by atoms with Crippen LogP contribution in [0.25, 0.3) is 17.2 Å². The quantitative estimate of drug-likeness (QED) is 0.304. The molecule has 0 spiro atoms. The minimum absolute atomic E-state index is 0.0337. The van der Waals surface area contributed by atoms with Crippen molar-refractivity contribution in [2.24, 2.45) is 0 Å². The molecule has 0 fully saturated rings. The van der Waals surface area contributed by atoms with Crippen molar-refractivity contribution in [1.82, 2.24) is 9.97 Å². The van der Waals surface area contributed by atoms with Gasteiger partial charge in [-0.3, -0.25) is 4.21 Å². The molecule has 2 aromatic carbocycles. The molecule has 0 aliphatic heterocycles. The second kappa shape index (κ2) is 10.3. The van der Waals surface area contributed by atoms with E-state index in [1.165, 1.54) is 30.5 Å². The first-order valence-corrected chi connectivity index (χ1v) is 11.2. The topological polar surface area (TPSA) is 81.2 Å². The van der Waals surface area contributed by atoms with Gasteiger partial charge in [0.1, 0.15) is 10.8 Å². The first-order valence-electron chi connectivity index (χ1n) is 9.25. The van der Waals surface area contributed by atoms with Gasteiger partial charge in [-0.15, -0.1) is 0 Å². The van der Waals surface area contributed by atoms with Gasteiger partial charge in [-0.25, -0.2) is 19.2 Å². The molecule has 0 radical (unpaired) electrons. The van der Waals surface area contributed by atoms with Crippen LogP contribution < -0.4 is 5.32 Å². The first kappa shape index (κ1) is 22.6. The van der Waals surface area contributed by atoms with Crippen LogP contribution in [0.1, 0.15) is 12.5 Å². The van der Waals surface area contributed by atoms with Crippen molar-refractivity contribution in [3.05, 3.63) is 71.1 Å². The number of carbonyl (C=O) groups excluding carboxylic acids is 1. The molecule has 1 unspecified atom stereocenters. The summed E-state index contributed by atoms with van der Waals surface area (Å²) in [5.41, 5.74) is 2.60. The molecule has 3 rings (SSSR count). The molecule has 0 amide bonds. The van der Waals surface area contributed by atoms with Gasteiger partial charge in [-0.2, -0.15) is 0 Å². The number of anilines is 2. The van der Waals surface area contributed by atoms with Gasteiger partial charge in [0.25, 0.3) is 0 Å². The van der Waals surface area contributed by atoms with Crippen molar-refractivity contribution in [1.29, 1.82) is 0 Å². The minimum Gasteiger partial charge on any atom is -0.463 e. The van der Waals surface area contributed by atoms with Crippen LogP contribution >= 0.6 is 11.6 Å². The SMILES string of the molecule is CCOC(=O)/C=C/c1cccc(-c2cnc(Nc3ccc(F)c(Cl)c3)nc2S(C)=O)c1. The Labute approximate surface area is 186 Å². The molecule has 6 nitrogen and oxygen atoms in total. The summed E-state index contributed by atoms with van der Waals surface area (Å²) in [6, 6.07) is 11.5. The molecule has 1 atom stereocenters. The maximum Gasteiger partial charge on any atom is 0.330 e.